The molecule has 0 amide bonds. The number of rotatable bonds is 8. The van der Waals surface area contributed by atoms with Gasteiger partial charge in [-0.25, -0.2) is 12.7 Å². The third-order valence-corrected chi connectivity index (χ3v) is 9.71. The highest BCUT2D eigenvalue weighted by molar-refractivity contribution is 7.89. The third kappa shape index (κ3) is 5.24. The molecule has 1 aliphatic carbocycles. The number of nitrogens with one attached hydrogen (secondary N) is 2. The maximum atomic E-state index is 12.9. The van der Waals surface area contributed by atoms with Crippen LogP contribution in [0.3, 0.4) is 0 Å². The molecule has 2 fully saturated rings. The summed E-state index contributed by atoms with van der Waals surface area (Å²) in [5.41, 5.74) is 6.18. The monoisotopic (exact) mass is 479 g/mol. The van der Waals surface area contributed by atoms with E-state index in [-0.39, 0.29) is 5.75 Å². The third-order valence-electron chi connectivity index (χ3n) is 7.75. The van der Waals surface area contributed by atoms with E-state index in [2.05, 4.69) is 65.9 Å². The molecule has 182 valence electrons. The van der Waals surface area contributed by atoms with E-state index in [4.69, 9.17) is 0 Å². The fourth-order valence-electron chi connectivity index (χ4n) is 5.67. The van der Waals surface area contributed by atoms with Gasteiger partial charge in [-0.05, 0) is 80.3 Å². The van der Waals surface area contributed by atoms with Crippen LogP contribution in [0.4, 0.5) is 0 Å². The molecule has 1 aromatic heterocycles. The quantitative estimate of drug-likeness (QED) is 0.415. The molecule has 0 spiro atoms. The second-order valence-corrected chi connectivity index (χ2v) is 12.2. The van der Waals surface area contributed by atoms with Crippen LogP contribution in [0.15, 0.2) is 48.7 Å². The Morgan fingerprint density at radius 2 is 1.68 bits per heavy atom. The van der Waals surface area contributed by atoms with Crippen LogP contribution < -0.4 is 5.32 Å². The largest absolute Gasteiger partial charge is 0.361 e. The van der Waals surface area contributed by atoms with Crippen LogP contribution in [0.2, 0.25) is 0 Å². The van der Waals surface area contributed by atoms with E-state index < -0.39 is 10.0 Å². The Morgan fingerprint density at radius 1 is 0.971 bits per heavy atom. The molecule has 6 heteroatoms. The Bertz CT molecular complexity index is 1200. The number of fused-ring (bicyclic) bond motifs is 1. The van der Waals surface area contributed by atoms with Crippen molar-refractivity contribution < 1.29 is 8.42 Å². The highest BCUT2D eigenvalue weighted by Gasteiger charge is 2.29. The Balaban J connectivity index is 1.20. The molecule has 2 aromatic carbocycles. The molecule has 0 radical (unpaired) electrons. The molecule has 1 aliphatic heterocycles. The Morgan fingerprint density at radius 3 is 2.41 bits per heavy atom. The minimum Gasteiger partial charge on any atom is -0.361 e. The topological polar surface area (TPSA) is 65.2 Å². The number of nitrogens with zero attached hydrogens (tertiary/aromatic N) is 1. The lowest BCUT2D eigenvalue weighted by molar-refractivity contribution is 0.320. The van der Waals surface area contributed by atoms with Gasteiger partial charge in [0.25, 0.3) is 0 Å². The van der Waals surface area contributed by atoms with Crippen LogP contribution in [0.25, 0.3) is 22.0 Å². The zero-order valence-electron chi connectivity index (χ0n) is 20.2. The second kappa shape index (κ2) is 10.2. The molecule has 1 saturated heterocycles. The van der Waals surface area contributed by atoms with Gasteiger partial charge in [0.05, 0.1) is 5.75 Å². The number of piperidine rings is 1. The van der Waals surface area contributed by atoms with Crippen LogP contribution >= 0.6 is 0 Å². The van der Waals surface area contributed by atoms with Gasteiger partial charge in [0, 0.05) is 36.2 Å². The van der Waals surface area contributed by atoms with Gasteiger partial charge in [0.2, 0.25) is 10.0 Å². The first kappa shape index (κ1) is 23.6. The van der Waals surface area contributed by atoms with Crippen molar-refractivity contribution in [2.45, 2.75) is 63.8 Å². The van der Waals surface area contributed by atoms with Crippen molar-refractivity contribution >= 4 is 20.9 Å². The maximum absolute atomic E-state index is 12.9. The first-order chi connectivity index (χ1) is 16.5. The van der Waals surface area contributed by atoms with Crippen LogP contribution in [0, 0.1) is 6.92 Å². The molecule has 0 bridgehead atoms. The van der Waals surface area contributed by atoms with Crippen molar-refractivity contribution in [3.8, 4) is 11.1 Å². The van der Waals surface area contributed by atoms with Gasteiger partial charge in [-0.1, -0.05) is 48.7 Å². The molecule has 0 atom stereocenters. The average Bonchev–Trinajstić information content (AvgIpc) is 3.52. The van der Waals surface area contributed by atoms with Crippen molar-refractivity contribution in [1.29, 1.82) is 0 Å². The van der Waals surface area contributed by atoms with E-state index in [1.54, 1.807) is 4.31 Å². The van der Waals surface area contributed by atoms with Crippen LogP contribution in [0.5, 0.6) is 0 Å². The van der Waals surface area contributed by atoms with Gasteiger partial charge in [-0.2, -0.15) is 0 Å². The number of benzene rings is 2. The van der Waals surface area contributed by atoms with E-state index in [1.165, 1.54) is 53.3 Å². The lowest BCUT2D eigenvalue weighted by Crippen LogP contribution is -2.40. The van der Waals surface area contributed by atoms with Gasteiger partial charge in [-0.3, -0.25) is 0 Å². The Kier molecular flexibility index (Phi) is 7.09. The van der Waals surface area contributed by atoms with E-state index >= 15 is 0 Å². The minimum absolute atomic E-state index is 0.254. The lowest BCUT2D eigenvalue weighted by atomic mass is 9.89. The molecule has 1 saturated carbocycles. The first-order valence-corrected chi connectivity index (χ1v) is 14.5. The van der Waals surface area contributed by atoms with Gasteiger partial charge in [0.1, 0.15) is 0 Å². The highest BCUT2D eigenvalue weighted by atomic mass is 32.2. The summed E-state index contributed by atoms with van der Waals surface area (Å²) in [5, 5.41) is 4.79. The summed E-state index contributed by atoms with van der Waals surface area (Å²) < 4.78 is 27.5. The minimum atomic E-state index is -3.17. The number of H-pyrrole nitrogens is 1. The first-order valence-electron chi connectivity index (χ1n) is 12.9. The molecule has 2 aliphatic rings. The number of hydrogen-bond donors (Lipinski definition) is 2. The summed E-state index contributed by atoms with van der Waals surface area (Å²) in [7, 11) is -3.17. The second-order valence-electron chi connectivity index (χ2n) is 10.1. The summed E-state index contributed by atoms with van der Waals surface area (Å²) in [6, 6.07) is 15.9. The summed E-state index contributed by atoms with van der Waals surface area (Å²) >= 11 is 0. The molecule has 5 nitrogen and oxygen atoms in total. The van der Waals surface area contributed by atoms with Gasteiger partial charge < -0.3 is 10.3 Å². The fourth-order valence-corrected chi connectivity index (χ4v) is 7.20. The Labute approximate surface area is 204 Å². The lowest BCUT2D eigenvalue weighted by Gasteiger charge is -2.31. The van der Waals surface area contributed by atoms with E-state index in [9.17, 15) is 8.42 Å². The SMILES string of the molecule is Cc1ccc(-c2ccc3[nH]cc(C4CCN(S(=O)(=O)CCCNC5CCCC5)CC4)c3c2)cc1. The molecule has 2 heterocycles. The van der Waals surface area contributed by atoms with Gasteiger partial charge in [-0.15, -0.1) is 0 Å². The molecule has 2 N–H and O–H groups in total. The zero-order chi connectivity index (χ0) is 23.5. The standard InChI is InChI=1S/C28H37N3O2S/c1-21-7-9-22(10-8-21)24-11-12-28-26(19-24)27(20-30-28)23-13-16-31(17-14-23)34(32,33)18-4-15-29-25-5-2-3-6-25/h7-12,19-20,23,25,29-30H,2-6,13-18H2,1H3. The van der Waals surface area contributed by atoms with Crippen molar-refractivity contribution in [1.82, 2.24) is 14.6 Å². The summed E-state index contributed by atoms with van der Waals surface area (Å²) in [4.78, 5) is 3.43. The number of sulfonamides is 1. The fraction of sp³-hybridized carbons (Fsp3) is 0.500. The Hall–Kier alpha value is -2.15. The van der Waals surface area contributed by atoms with E-state index in [0.717, 1.165) is 24.9 Å². The molecule has 0 unspecified atom stereocenters. The highest BCUT2D eigenvalue weighted by Crippen LogP contribution is 2.35. The number of aromatic amines is 1. The van der Waals surface area contributed by atoms with Crippen molar-refractivity contribution in [3.05, 3.63) is 59.8 Å². The number of aryl methyl sites for hydroxylation is 1. The van der Waals surface area contributed by atoms with Crippen molar-refractivity contribution in [2.75, 3.05) is 25.4 Å². The molecule has 3 aromatic rings. The van der Waals surface area contributed by atoms with Crippen molar-refractivity contribution in [2.24, 2.45) is 0 Å². The van der Waals surface area contributed by atoms with E-state index in [0.29, 0.717) is 31.5 Å². The average molecular weight is 480 g/mol. The molecule has 34 heavy (non-hydrogen) atoms. The van der Waals surface area contributed by atoms with Crippen LogP contribution in [0.1, 0.15) is 62.0 Å². The van der Waals surface area contributed by atoms with Gasteiger partial charge >= 0.3 is 0 Å². The predicted molar refractivity (Wildman–Crippen MR) is 141 cm³/mol. The maximum Gasteiger partial charge on any atom is 0.214 e. The van der Waals surface area contributed by atoms with E-state index in [1.807, 2.05) is 0 Å². The molecular formula is C28H37N3O2S. The zero-order valence-corrected chi connectivity index (χ0v) is 21.0. The van der Waals surface area contributed by atoms with Crippen LogP contribution in [-0.2, 0) is 10.0 Å². The smallest absolute Gasteiger partial charge is 0.214 e. The van der Waals surface area contributed by atoms with Gasteiger partial charge in [0.15, 0.2) is 0 Å². The summed E-state index contributed by atoms with van der Waals surface area (Å²) in [6.07, 6.45) is 9.66. The number of aromatic nitrogens is 1. The number of hydrogen-bond acceptors (Lipinski definition) is 3. The van der Waals surface area contributed by atoms with Crippen molar-refractivity contribution in [3.63, 3.8) is 0 Å². The molecule has 5 rings (SSSR count). The van der Waals surface area contributed by atoms with Crippen LogP contribution in [-0.4, -0.2) is 49.1 Å². The summed E-state index contributed by atoms with van der Waals surface area (Å²) in [6.45, 7) is 4.15. The predicted octanol–water partition coefficient (Wildman–Crippen LogP) is 5.57. The molecular weight excluding hydrogens is 442 g/mol. The normalized spacial score (nSPS) is 18.7. The summed E-state index contributed by atoms with van der Waals surface area (Å²) in [5.74, 6) is 0.641.